The fourth-order valence-electron chi connectivity index (χ4n) is 1.73. The molecule has 2 aromatic heterocycles. The first-order valence-electron chi connectivity index (χ1n) is 5.44. The highest BCUT2D eigenvalue weighted by atomic mass is 16.4. The molecular formula is C12H15N3O2. The molecule has 5 heteroatoms. The fraction of sp³-hybridized carbons (Fsp3) is 0.417. The van der Waals surface area contributed by atoms with Gasteiger partial charge >= 0.3 is 5.97 Å². The van der Waals surface area contributed by atoms with Crippen molar-refractivity contribution < 1.29 is 9.90 Å². The van der Waals surface area contributed by atoms with Gasteiger partial charge in [-0.3, -0.25) is 9.20 Å². The zero-order valence-corrected chi connectivity index (χ0v) is 10.1. The molecule has 2 aromatic rings. The van der Waals surface area contributed by atoms with Crippen LogP contribution in [0.25, 0.3) is 5.65 Å². The lowest BCUT2D eigenvalue weighted by molar-refractivity contribution is -0.136. The van der Waals surface area contributed by atoms with Gasteiger partial charge in [0.2, 0.25) is 0 Å². The summed E-state index contributed by atoms with van der Waals surface area (Å²) in [6.07, 6.45) is 1.81. The van der Waals surface area contributed by atoms with Crippen LogP contribution in [0.2, 0.25) is 0 Å². The number of carboxylic acids is 1. The molecular weight excluding hydrogens is 218 g/mol. The summed E-state index contributed by atoms with van der Waals surface area (Å²) >= 11 is 0. The highest BCUT2D eigenvalue weighted by Crippen LogP contribution is 2.21. The number of aliphatic carboxylic acids is 1. The van der Waals surface area contributed by atoms with Gasteiger partial charge in [-0.25, -0.2) is 0 Å². The average Bonchev–Trinajstić information content (AvgIpc) is 2.58. The van der Waals surface area contributed by atoms with E-state index in [1.807, 2.05) is 25.2 Å². The molecule has 0 amide bonds. The van der Waals surface area contributed by atoms with Crippen LogP contribution in [0.5, 0.6) is 0 Å². The summed E-state index contributed by atoms with van der Waals surface area (Å²) in [5.41, 5.74) is 1.36. The highest BCUT2D eigenvalue weighted by molar-refractivity contribution is 5.70. The van der Waals surface area contributed by atoms with E-state index >= 15 is 0 Å². The maximum Gasteiger partial charge on any atom is 0.307 e. The molecule has 0 spiro atoms. The van der Waals surface area contributed by atoms with Crippen molar-refractivity contribution in [3.05, 3.63) is 29.7 Å². The molecule has 0 saturated heterocycles. The van der Waals surface area contributed by atoms with E-state index in [1.165, 1.54) is 0 Å². The monoisotopic (exact) mass is 233 g/mol. The largest absolute Gasteiger partial charge is 0.481 e. The third-order valence-corrected chi connectivity index (χ3v) is 2.49. The fourth-order valence-corrected chi connectivity index (χ4v) is 1.73. The first-order valence-corrected chi connectivity index (χ1v) is 5.44. The molecule has 17 heavy (non-hydrogen) atoms. The second-order valence-corrected chi connectivity index (χ2v) is 5.11. The lowest BCUT2D eigenvalue weighted by atomic mass is 9.96. The topological polar surface area (TPSA) is 67.5 Å². The zero-order chi connectivity index (χ0) is 12.6. The van der Waals surface area contributed by atoms with Gasteiger partial charge in [0.15, 0.2) is 5.65 Å². The Bertz CT molecular complexity index is 567. The van der Waals surface area contributed by atoms with E-state index in [0.717, 1.165) is 17.0 Å². The minimum atomic E-state index is -0.838. The van der Waals surface area contributed by atoms with Crippen molar-refractivity contribution in [2.45, 2.75) is 32.6 Å². The van der Waals surface area contributed by atoms with E-state index in [-0.39, 0.29) is 11.8 Å². The number of pyridine rings is 1. The van der Waals surface area contributed by atoms with E-state index in [0.29, 0.717) is 0 Å². The van der Waals surface area contributed by atoms with Crippen LogP contribution in [0.1, 0.15) is 32.2 Å². The van der Waals surface area contributed by atoms with Crippen LogP contribution in [0.4, 0.5) is 0 Å². The number of carbonyl (C=O) groups is 1. The molecule has 0 aromatic carbocycles. The number of carboxylic acid groups (broad SMARTS) is 1. The molecule has 0 atom stereocenters. The third kappa shape index (κ3) is 2.27. The van der Waals surface area contributed by atoms with E-state index in [9.17, 15) is 4.79 Å². The van der Waals surface area contributed by atoms with E-state index in [4.69, 9.17) is 5.11 Å². The SMILES string of the molecule is CC(C)(C)c1nnc2ccc(CC(=O)O)cn12. The zero-order valence-electron chi connectivity index (χ0n) is 10.1. The van der Waals surface area contributed by atoms with Crippen molar-refractivity contribution in [2.75, 3.05) is 0 Å². The van der Waals surface area contributed by atoms with Gasteiger partial charge in [-0.05, 0) is 11.6 Å². The summed E-state index contributed by atoms with van der Waals surface area (Å²) in [6, 6.07) is 3.56. The molecule has 0 bridgehead atoms. The minimum absolute atomic E-state index is 0.0116. The Kier molecular flexibility index (Phi) is 2.61. The molecule has 5 nitrogen and oxygen atoms in total. The van der Waals surface area contributed by atoms with Crippen molar-refractivity contribution in [1.29, 1.82) is 0 Å². The summed E-state index contributed by atoms with van der Waals surface area (Å²) in [5.74, 6) is -0.00512. The van der Waals surface area contributed by atoms with Crippen molar-refractivity contribution >= 4 is 11.6 Å². The number of rotatable bonds is 2. The first kappa shape index (κ1) is 11.6. The van der Waals surface area contributed by atoms with Gasteiger partial charge in [-0.15, -0.1) is 10.2 Å². The summed E-state index contributed by atoms with van der Waals surface area (Å²) in [6.45, 7) is 6.15. The number of hydrogen-bond donors (Lipinski definition) is 1. The van der Waals surface area contributed by atoms with Crippen LogP contribution in [0.3, 0.4) is 0 Å². The Hall–Kier alpha value is -1.91. The van der Waals surface area contributed by atoms with Crippen molar-refractivity contribution in [3.63, 3.8) is 0 Å². The Balaban J connectivity index is 2.54. The standard InChI is InChI=1S/C12H15N3O2/c1-12(2,3)11-14-13-9-5-4-8(6-10(16)17)7-15(9)11/h4-5,7H,6H2,1-3H3,(H,16,17). The summed E-state index contributed by atoms with van der Waals surface area (Å²) in [4.78, 5) is 10.7. The van der Waals surface area contributed by atoms with Gasteiger partial charge in [-0.1, -0.05) is 26.8 Å². The van der Waals surface area contributed by atoms with Crippen molar-refractivity contribution in [2.24, 2.45) is 0 Å². The van der Waals surface area contributed by atoms with Crippen LogP contribution >= 0.6 is 0 Å². The minimum Gasteiger partial charge on any atom is -0.481 e. The van der Waals surface area contributed by atoms with Crippen LogP contribution in [-0.4, -0.2) is 25.7 Å². The number of aromatic nitrogens is 3. The molecule has 0 fully saturated rings. The Morgan fingerprint density at radius 1 is 1.35 bits per heavy atom. The molecule has 0 unspecified atom stereocenters. The molecule has 90 valence electrons. The van der Waals surface area contributed by atoms with Gasteiger partial charge in [0, 0.05) is 11.6 Å². The van der Waals surface area contributed by atoms with Crippen molar-refractivity contribution in [3.8, 4) is 0 Å². The van der Waals surface area contributed by atoms with Gasteiger partial charge in [0.25, 0.3) is 0 Å². The van der Waals surface area contributed by atoms with Gasteiger partial charge in [-0.2, -0.15) is 0 Å². The van der Waals surface area contributed by atoms with Gasteiger partial charge < -0.3 is 5.11 Å². The van der Waals surface area contributed by atoms with Crippen LogP contribution < -0.4 is 0 Å². The predicted octanol–water partition coefficient (Wildman–Crippen LogP) is 1.65. The molecule has 2 heterocycles. The Morgan fingerprint density at radius 2 is 2.06 bits per heavy atom. The lowest BCUT2D eigenvalue weighted by Crippen LogP contribution is -2.16. The summed E-state index contributed by atoms with van der Waals surface area (Å²) < 4.78 is 1.86. The molecule has 0 aliphatic carbocycles. The molecule has 1 N–H and O–H groups in total. The maximum atomic E-state index is 10.7. The number of nitrogens with zero attached hydrogens (tertiary/aromatic N) is 3. The smallest absolute Gasteiger partial charge is 0.307 e. The molecule has 0 aliphatic heterocycles. The molecule has 2 rings (SSSR count). The Morgan fingerprint density at radius 3 is 2.65 bits per heavy atom. The average molecular weight is 233 g/mol. The first-order chi connectivity index (χ1) is 7.88. The second-order valence-electron chi connectivity index (χ2n) is 5.11. The Labute approximate surface area is 99.1 Å². The second kappa shape index (κ2) is 3.84. The normalized spacial score (nSPS) is 11.9. The van der Waals surface area contributed by atoms with Gasteiger partial charge in [0.1, 0.15) is 5.82 Å². The predicted molar refractivity (Wildman–Crippen MR) is 63.0 cm³/mol. The van der Waals surface area contributed by atoms with Gasteiger partial charge in [0.05, 0.1) is 6.42 Å². The van der Waals surface area contributed by atoms with E-state index in [1.54, 1.807) is 18.3 Å². The van der Waals surface area contributed by atoms with Crippen molar-refractivity contribution in [1.82, 2.24) is 14.6 Å². The lowest BCUT2D eigenvalue weighted by Gasteiger charge is -2.15. The maximum absolute atomic E-state index is 10.7. The quantitative estimate of drug-likeness (QED) is 0.856. The molecule has 0 saturated carbocycles. The number of fused-ring (bicyclic) bond motifs is 1. The number of hydrogen-bond acceptors (Lipinski definition) is 3. The highest BCUT2D eigenvalue weighted by Gasteiger charge is 2.20. The van der Waals surface area contributed by atoms with Crippen LogP contribution in [-0.2, 0) is 16.6 Å². The summed E-state index contributed by atoms with van der Waals surface area (Å²) in [7, 11) is 0. The molecule has 0 aliphatic rings. The van der Waals surface area contributed by atoms with Crippen LogP contribution in [0.15, 0.2) is 18.3 Å². The van der Waals surface area contributed by atoms with Crippen LogP contribution in [0, 0.1) is 0 Å². The summed E-state index contributed by atoms with van der Waals surface area (Å²) in [5, 5.41) is 17.0. The van der Waals surface area contributed by atoms with E-state index in [2.05, 4.69) is 10.2 Å². The third-order valence-electron chi connectivity index (χ3n) is 2.49. The molecule has 0 radical (unpaired) electrons. The van der Waals surface area contributed by atoms with E-state index < -0.39 is 5.97 Å².